The van der Waals surface area contributed by atoms with Crippen LogP contribution in [-0.2, 0) is 21.9 Å². The Bertz CT molecular complexity index is 934. The third kappa shape index (κ3) is 4.05. The van der Waals surface area contributed by atoms with Gasteiger partial charge in [-0.2, -0.15) is 5.10 Å². The maximum atomic E-state index is 12.5. The van der Waals surface area contributed by atoms with E-state index in [1.165, 1.54) is 4.68 Å². The number of benzene rings is 1. The lowest BCUT2D eigenvalue weighted by Crippen LogP contribution is -2.47. The molecule has 0 bridgehead atoms. The van der Waals surface area contributed by atoms with Crippen LogP contribution in [0.25, 0.3) is 0 Å². The van der Waals surface area contributed by atoms with E-state index in [2.05, 4.69) is 15.4 Å². The summed E-state index contributed by atoms with van der Waals surface area (Å²) in [6, 6.07) is 5.54. The summed E-state index contributed by atoms with van der Waals surface area (Å²) in [4.78, 5) is 14.4. The standard InChI is InChI=1S/C17H24N4O4S/c1-10-8-7-9-15(11(10)2)25-14(5)17(22)18-20-26(23,24)16-12(3)19-21(6)13(16)4/h7-9,14,20H,1-6H3,(H,18,22)/t14-/m0/s1. The van der Waals surface area contributed by atoms with E-state index in [1.54, 1.807) is 33.9 Å². The number of sulfonamides is 1. The Hall–Kier alpha value is -2.39. The van der Waals surface area contributed by atoms with E-state index in [-0.39, 0.29) is 4.90 Å². The molecule has 0 saturated carbocycles. The zero-order chi connectivity index (χ0) is 19.6. The van der Waals surface area contributed by atoms with E-state index < -0.39 is 22.0 Å². The number of ether oxygens (including phenoxy) is 1. The van der Waals surface area contributed by atoms with Crippen molar-refractivity contribution >= 4 is 15.9 Å². The minimum atomic E-state index is -3.94. The quantitative estimate of drug-likeness (QED) is 0.738. The summed E-state index contributed by atoms with van der Waals surface area (Å²) in [5.41, 5.74) is 4.99. The van der Waals surface area contributed by atoms with Gasteiger partial charge in [0.25, 0.3) is 15.9 Å². The highest BCUT2D eigenvalue weighted by Gasteiger charge is 2.25. The van der Waals surface area contributed by atoms with Crippen molar-refractivity contribution in [2.45, 2.75) is 45.6 Å². The monoisotopic (exact) mass is 380 g/mol. The van der Waals surface area contributed by atoms with E-state index in [1.807, 2.05) is 26.0 Å². The molecule has 0 unspecified atom stereocenters. The molecule has 9 heteroatoms. The van der Waals surface area contributed by atoms with Crippen LogP contribution in [0.4, 0.5) is 0 Å². The smallest absolute Gasteiger partial charge is 0.275 e. The molecular formula is C17H24N4O4S. The Morgan fingerprint density at radius 3 is 2.46 bits per heavy atom. The number of nitrogens with zero attached hydrogens (tertiary/aromatic N) is 2. The summed E-state index contributed by atoms with van der Waals surface area (Å²) in [6.45, 7) is 8.62. The molecule has 1 aromatic carbocycles. The van der Waals surface area contributed by atoms with Gasteiger partial charge in [-0.05, 0) is 51.8 Å². The largest absolute Gasteiger partial charge is 0.481 e. The van der Waals surface area contributed by atoms with Crippen molar-refractivity contribution in [2.75, 3.05) is 0 Å². The maximum Gasteiger partial charge on any atom is 0.275 e. The Morgan fingerprint density at radius 2 is 1.88 bits per heavy atom. The van der Waals surface area contributed by atoms with Crippen molar-refractivity contribution in [3.05, 3.63) is 40.7 Å². The van der Waals surface area contributed by atoms with Crippen LogP contribution >= 0.6 is 0 Å². The molecular weight excluding hydrogens is 356 g/mol. The van der Waals surface area contributed by atoms with Gasteiger partial charge >= 0.3 is 0 Å². The molecule has 142 valence electrons. The topological polar surface area (TPSA) is 102 Å². The van der Waals surface area contributed by atoms with Crippen molar-refractivity contribution in [3.8, 4) is 5.75 Å². The highest BCUT2D eigenvalue weighted by molar-refractivity contribution is 7.89. The summed E-state index contributed by atoms with van der Waals surface area (Å²) < 4.78 is 32.0. The highest BCUT2D eigenvalue weighted by Crippen LogP contribution is 2.22. The molecule has 26 heavy (non-hydrogen) atoms. The van der Waals surface area contributed by atoms with Crippen molar-refractivity contribution in [1.29, 1.82) is 0 Å². The molecule has 0 fully saturated rings. The average Bonchev–Trinajstić information content (AvgIpc) is 2.82. The molecule has 8 nitrogen and oxygen atoms in total. The second-order valence-electron chi connectivity index (χ2n) is 6.18. The molecule has 2 aromatic rings. The van der Waals surface area contributed by atoms with Crippen molar-refractivity contribution in [3.63, 3.8) is 0 Å². The molecule has 0 aliphatic rings. The van der Waals surface area contributed by atoms with Gasteiger partial charge in [-0.1, -0.05) is 12.1 Å². The fraction of sp³-hybridized carbons (Fsp3) is 0.412. The van der Waals surface area contributed by atoms with E-state index in [0.717, 1.165) is 11.1 Å². The van der Waals surface area contributed by atoms with E-state index in [9.17, 15) is 13.2 Å². The summed E-state index contributed by atoms with van der Waals surface area (Å²) in [7, 11) is -2.29. The number of hydrazine groups is 1. The lowest BCUT2D eigenvalue weighted by Gasteiger charge is -2.17. The summed E-state index contributed by atoms with van der Waals surface area (Å²) >= 11 is 0. The van der Waals surface area contributed by atoms with E-state index in [0.29, 0.717) is 17.1 Å². The minimum absolute atomic E-state index is 0.0448. The van der Waals surface area contributed by atoms with Crippen LogP contribution in [0.3, 0.4) is 0 Å². The van der Waals surface area contributed by atoms with Crippen LogP contribution in [0.5, 0.6) is 5.75 Å². The van der Waals surface area contributed by atoms with Gasteiger partial charge in [0.05, 0.1) is 11.4 Å². The molecule has 1 aromatic heterocycles. The number of hydrogen-bond acceptors (Lipinski definition) is 5. The highest BCUT2D eigenvalue weighted by atomic mass is 32.2. The van der Waals surface area contributed by atoms with Gasteiger partial charge in [-0.3, -0.25) is 14.9 Å². The number of carbonyl (C=O) groups excluding carboxylic acids is 1. The van der Waals surface area contributed by atoms with Gasteiger partial charge in [-0.15, -0.1) is 4.83 Å². The van der Waals surface area contributed by atoms with Crippen molar-refractivity contribution < 1.29 is 17.9 Å². The Morgan fingerprint density at radius 1 is 1.23 bits per heavy atom. The minimum Gasteiger partial charge on any atom is -0.481 e. The SMILES string of the molecule is Cc1cccc(O[C@@H](C)C(=O)NNS(=O)(=O)c2c(C)nn(C)c2C)c1C. The van der Waals surface area contributed by atoms with E-state index in [4.69, 9.17) is 4.74 Å². The number of aryl methyl sites for hydroxylation is 3. The zero-order valence-electron chi connectivity index (χ0n) is 15.7. The van der Waals surface area contributed by atoms with Crippen molar-refractivity contribution in [2.24, 2.45) is 7.05 Å². The number of amides is 1. The fourth-order valence-corrected chi connectivity index (χ4v) is 3.80. The van der Waals surface area contributed by atoms with Crippen LogP contribution < -0.4 is 15.0 Å². The van der Waals surface area contributed by atoms with Gasteiger partial charge in [0, 0.05) is 7.05 Å². The molecule has 0 aliphatic carbocycles. The second-order valence-corrected chi connectivity index (χ2v) is 7.80. The summed E-state index contributed by atoms with van der Waals surface area (Å²) in [5, 5.41) is 4.07. The number of aromatic nitrogens is 2. The van der Waals surface area contributed by atoms with Gasteiger partial charge in [0.1, 0.15) is 10.6 Å². The summed E-state index contributed by atoms with van der Waals surface area (Å²) in [5.74, 6) is -0.0249. The average molecular weight is 380 g/mol. The fourth-order valence-electron chi connectivity index (χ4n) is 2.51. The molecule has 1 amide bonds. The molecule has 0 saturated heterocycles. The number of hydrogen-bond donors (Lipinski definition) is 2. The van der Waals surface area contributed by atoms with Crippen molar-refractivity contribution in [1.82, 2.24) is 20.0 Å². The number of carbonyl (C=O) groups is 1. The molecule has 2 N–H and O–H groups in total. The lowest BCUT2D eigenvalue weighted by molar-refractivity contribution is -0.127. The van der Waals surface area contributed by atoms with E-state index >= 15 is 0 Å². The maximum absolute atomic E-state index is 12.5. The first kappa shape index (κ1) is 19.9. The van der Waals surface area contributed by atoms with Crippen LogP contribution in [0, 0.1) is 27.7 Å². The number of rotatable bonds is 6. The first-order valence-electron chi connectivity index (χ1n) is 8.09. The first-order chi connectivity index (χ1) is 12.0. The Kier molecular flexibility index (Phi) is 5.72. The second kappa shape index (κ2) is 7.46. The molecule has 2 rings (SSSR count). The number of nitrogens with one attached hydrogen (secondary N) is 2. The Balaban J connectivity index is 2.06. The molecule has 0 spiro atoms. The van der Waals surface area contributed by atoms with Gasteiger partial charge in [-0.25, -0.2) is 8.42 Å². The molecule has 1 atom stereocenters. The normalized spacial score (nSPS) is 12.7. The molecule has 1 heterocycles. The van der Waals surface area contributed by atoms with Gasteiger partial charge in [0.2, 0.25) is 0 Å². The van der Waals surface area contributed by atoms with Gasteiger partial charge in [0.15, 0.2) is 6.10 Å². The summed E-state index contributed by atoms with van der Waals surface area (Å²) in [6.07, 6.45) is -0.880. The molecule has 0 radical (unpaired) electrons. The van der Waals surface area contributed by atoms with Crippen LogP contribution in [0.15, 0.2) is 23.1 Å². The first-order valence-corrected chi connectivity index (χ1v) is 9.57. The van der Waals surface area contributed by atoms with Gasteiger partial charge < -0.3 is 4.74 Å². The predicted molar refractivity (Wildman–Crippen MR) is 97.2 cm³/mol. The zero-order valence-corrected chi connectivity index (χ0v) is 16.6. The predicted octanol–water partition coefficient (Wildman–Crippen LogP) is 1.43. The third-order valence-corrected chi connectivity index (χ3v) is 5.75. The third-order valence-electron chi connectivity index (χ3n) is 4.25. The van der Waals surface area contributed by atoms with Crippen LogP contribution in [0.1, 0.15) is 29.4 Å². The lowest BCUT2D eigenvalue weighted by atomic mass is 10.1. The molecule has 0 aliphatic heterocycles. The Labute approximate surface area is 153 Å². The van der Waals surface area contributed by atoms with Crippen LogP contribution in [-0.4, -0.2) is 30.2 Å². The van der Waals surface area contributed by atoms with Crippen LogP contribution in [0.2, 0.25) is 0 Å².